The molecule has 0 bridgehead atoms. The lowest BCUT2D eigenvalue weighted by Gasteiger charge is -2.25. The molecular formula is C17H29N3O3S2. The molecule has 0 spiro atoms. The maximum Gasteiger partial charge on any atom is 0.252 e. The smallest absolute Gasteiger partial charge is 0.252 e. The Bertz CT molecular complexity index is 677. The van der Waals surface area contributed by atoms with Crippen LogP contribution < -0.4 is 11.1 Å². The van der Waals surface area contributed by atoms with Gasteiger partial charge in [-0.05, 0) is 44.7 Å². The van der Waals surface area contributed by atoms with E-state index in [1.54, 1.807) is 17.3 Å². The largest absolute Gasteiger partial charge is 0.354 e. The van der Waals surface area contributed by atoms with Gasteiger partial charge in [0.2, 0.25) is 5.91 Å². The van der Waals surface area contributed by atoms with Crippen LogP contribution in [0.4, 0.5) is 0 Å². The number of nitrogens with zero attached hydrogens (tertiary/aromatic N) is 1. The van der Waals surface area contributed by atoms with Crippen molar-refractivity contribution in [2.75, 3.05) is 19.6 Å². The second kappa shape index (κ2) is 8.62. The summed E-state index contributed by atoms with van der Waals surface area (Å²) in [5.41, 5.74) is 5.15. The van der Waals surface area contributed by atoms with E-state index in [-0.39, 0.29) is 5.91 Å². The number of hydrogen-bond acceptors (Lipinski definition) is 5. The van der Waals surface area contributed by atoms with E-state index in [4.69, 9.17) is 5.73 Å². The van der Waals surface area contributed by atoms with Gasteiger partial charge < -0.3 is 11.1 Å². The molecule has 1 aromatic rings. The van der Waals surface area contributed by atoms with Crippen LogP contribution in [0.25, 0.3) is 0 Å². The molecule has 6 nitrogen and oxygen atoms in total. The van der Waals surface area contributed by atoms with Gasteiger partial charge in [-0.25, -0.2) is 8.42 Å². The molecule has 1 aliphatic rings. The van der Waals surface area contributed by atoms with Crippen LogP contribution in [0.15, 0.2) is 16.3 Å². The van der Waals surface area contributed by atoms with Crippen LogP contribution in [-0.2, 0) is 21.2 Å². The lowest BCUT2D eigenvalue weighted by molar-refractivity contribution is -0.126. The fraction of sp³-hybridized carbons (Fsp3) is 0.706. The molecule has 1 saturated heterocycles. The highest BCUT2D eigenvalue weighted by Crippen LogP contribution is 2.27. The zero-order chi connectivity index (χ0) is 18.5. The summed E-state index contributed by atoms with van der Waals surface area (Å²) in [5.74, 6) is -0.160. The Morgan fingerprint density at radius 2 is 2.00 bits per heavy atom. The van der Waals surface area contributed by atoms with Gasteiger partial charge >= 0.3 is 0 Å². The van der Waals surface area contributed by atoms with E-state index >= 15 is 0 Å². The zero-order valence-corrected chi connectivity index (χ0v) is 16.7. The van der Waals surface area contributed by atoms with Crippen molar-refractivity contribution < 1.29 is 13.2 Å². The quantitative estimate of drug-likeness (QED) is 0.714. The number of rotatable bonds is 8. The predicted molar refractivity (Wildman–Crippen MR) is 101 cm³/mol. The van der Waals surface area contributed by atoms with Crippen LogP contribution in [0.5, 0.6) is 0 Å². The van der Waals surface area contributed by atoms with Crippen LogP contribution in [0, 0.1) is 0 Å². The van der Waals surface area contributed by atoms with Gasteiger partial charge in [-0.1, -0.05) is 19.8 Å². The van der Waals surface area contributed by atoms with E-state index in [1.807, 2.05) is 13.0 Å². The van der Waals surface area contributed by atoms with Crippen LogP contribution in [0.3, 0.4) is 0 Å². The Morgan fingerprint density at radius 3 is 2.64 bits per heavy atom. The number of hydrogen-bond donors (Lipinski definition) is 2. The van der Waals surface area contributed by atoms with Gasteiger partial charge in [-0.3, -0.25) is 4.79 Å². The Labute approximate surface area is 154 Å². The summed E-state index contributed by atoms with van der Waals surface area (Å²) < 4.78 is 27.2. The second-order valence-corrected chi connectivity index (χ2v) is 10.2. The normalized spacial score (nSPS) is 18.7. The first-order valence-corrected chi connectivity index (χ1v) is 11.2. The highest BCUT2D eigenvalue weighted by Gasteiger charge is 2.28. The predicted octanol–water partition coefficient (Wildman–Crippen LogP) is 2.10. The summed E-state index contributed by atoms with van der Waals surface area (Å²) >= 11 is 1.29. The minimum absolute atomic E-state index is 0.160. The molecule has 8 heteroatoms. The summed E-state index contributed by atoms with van der Waals surface area (Å²) in [7, 11) is -3.37. The first-order valence-electron chi connectivity index (χ1n) is 8.93. The molecule has 1 unspecified atom stereocenters. The standard InChI is InChI=1S/C17H29N3O3S2/c1-3-10-17(2,18)16(21)19-11-9-14-7-8-15(24-14)25(22,23)20-12-5-4-6-13-20/h7-8H,3-6,9-13,18H2,1-2H3,(H,19,21). The number of piperidine rings is 1. The molecule has 0 radical (unpaired) electrons. The molecule has 25 heavy (non-hydrogen) atoms. The number of nitrogens with one attached hydrogen (secondary N) is 1. The maximum absolute atomic E-state index is 12.6. The molecule has 142 valence electrons. The molecule has 1 aliphatic heterocycles. The summed E-state index contributed by atoms with van der Waals surface area (Å²) in [5, 5.41) is 2.85. The summed E-state index contributed by atoms with van der Waals surface area (Å²) in [6, 6.07) is 3.51. The first-order chi connectivity index (χ1) is 11.8. The van der Waals surface area contributed by atoms with Crippen LogP contribution in [0.2, 0.25) is 0 Å². The van der Waals surface area contributed by atoms with E-state index in [1.165, 1.54) is 11.3 Å². The lowest BCUT2D eigenvalue weighted by Crippen LogP contribution is -2.51. The number of thiophene rings is 1. The first kappa shape index (κ1) is 20.4. The zero-order valence-electron chi connectivity index (χ0n) is 15.1. The highest BCUT2D eigenvalue weighted by atomic mass is 32.2. The molecule has 2 heterocycles. The lowest BCUT2D eigenvalue weighted by atomic mass is 9.96. The van der Waals surface area contributed by atoms with E-state index in [0.29, 0.717) is 36.7 Å². The van der Waals surface area contributed by atoms with Gasteiger partial charge in [0.1, 0.15) is 4.21 Å². The van der Waals surface area contributed by atoms with E-state index in [2.05, 4.69) is 5.32 Å². The highest BCUT2D eigenvalue weighted by molar-refractivity contribution is 7.91. The Hall–Kier alpha value is -0.960. The minimum Gasteiger partial charge on any atom is -0.354 e. The molecule has 2 rings (SSSR count). The second-order valence-electron chi connectivity index (χ2n) is 6.86. The molecule has 1 aromatic heterocycles. The summed E-state index contributed by atoms with van der Waals surface area (Å²) in [6.45, 7) is 5.41. The van der Waals surface area contributed by atoms with Crippen LogP contribution in [0.1, 0.15) is 50.8 Å². The molecule has 3 N–H and O–H groups in total. The van der Waals surface area contributed by atoms with Gasteiger partial charge in [-0.2, -0.15) is 4.31 Å². The number of carbonyl (C=O) groups is 1. The fourth-order valence-corrected chi connectivity index (χ4v) is 6.02. The van der Waals surface area contributed by atoms with Crippen molar-refractivity contribution in [3.05, 3.63) is 17.0 Å². The third kappa shape index (κ3) is 5.26. The fourth-order valence-electron chi connectivity index (χ4n) is 3.00. The molecule has 0 saturated carbocycles. The Kier molecular flexibility index (Phi) is 7.01. The SMILES string of the molecule is CCCC(C)(N)C(=O)NCCc1ccc(S(=O)(=O)N2CCCCC2)s1. The van der Waals surface area contributed by atoms with Crippen molar-refractivity contribution in [2.24, 2.45) is 5.73 Å². The molecule has 1 amide bonds. The van der Waals surface area contributed by atoms with Gasteiger partial charge in [0.25, 0.3) is 10.0 Å². The van der Waals surface area contributed by atoms with Gasteiger partial charge in [0, 0.05) is 24.5 Å². The summed E-state index contributed by atoms with van der Waals surface area (Å²) in [4.78, 5) is 13.0. The number of amides is 1. The van der Waals surface area contributed by atoms with E-state index < -0.39 is 15.6 Å². The monoisotopic (exact) mass is 387 g/mol. The van der Waals surface area contributed by atoms with Gasteiger partial charge in [0.15, 0.2) is 0 Å². The van der Waals surface area contributed by atoms with Crippen molar-refractivity contribution in [2.45, 2.75) is 62.1 Å². The van der Waals surface area contributed by atoms with Crippen molar-refractivity contribution in [3.8, 4) is 0 Å². The van der Waals surface area contributed by atoms with Crippen LogP contribution in [-0.4, -0.2) is 43.8 Å². The Balaban J connectivity index is 1.90. The van der Waals surface area contributed by atoms with Gasteiger partial charge in [-0.15, -0.1) is 11.3 Å². The number of sulfonamides is 1. The maximum atomic E-state index is 12.6. The average molecular weight is 388 g/mol. The third-order valence-electron chi connectivity index (χ3n) is 4.49. The third-order valence-corrected chi connectivity index (χ3v) is 8.00. The van der Waals surface area contributed by atoms with Crippen molar-refractivity contribution in [1.82, 2.24) is 9.62 Å². The van der Waals surface area contributed by atoms with Gasteiger partial charge in [0.05, 0.1) is 5.54 Å². The van der Waals surface area contributed by atoms with Crippen molar-refractivity contribution in [3.63, 3.8) is 0 Å². The average Bonchev–Trinajstić information content (AvgIpc) is 3.05. The molecule has 0 aliphatic carbocycles. The van der Waals surface area contributed by atoms with E-state index in [9.17, 15) is 13.2 Å². The molecule has 0 aromatic carbocycles. The molecule has 1 fully saturated rings. The minimum atomic E-state index is -3.37. The Morgan fingerprint density at radius 1 is 1.32 bits per heavy atom. The molecule has 1 atom stereocenters. The van der Waals surface area contributed by atoms with E-state index in [0.717, 1.165) is 30.6 Å². The summed E-state index contributed by atoms with van der Waals surface area (Å²) in [6.07, 6.45) is 5.05. The van der Waals surface area contributed by atoms with Crippen LogP contribution >= 0.6 is 11.3 Å². The topological polar surface area (TPSA) is 92.5 Å². The van der Waals surface area contributed by atoms with Crippen molar-refractivity contribution in [1.29, 1.82) is 0 Å². The molecular weight excluding hydrogens is 358 g/mol. The number of nitrogens with two attached hydrogens (primary N) is 1. The van der Waals surface area contributed by atoms with Crippen molar-refractivity contribution >= 4 is 27.3 Å². The number of carbonyl (C=O) groups excluding carboxylic acids is 1.